The minimum atomic E-state index is -0.310. The number of amides is 1. The van der Waals surface area contributed by atoms with Gasteiger partial charge in [-0.3, -0.25) is 0 Å². The first kappa shape index (κ1) is 9.36. The lowest BCUT2D eigenvalue weighted by atomic mass is 9.83. The van der Waals surface area contributed by atoms with Crippen molar-refractivity contribution in [3.05, 3.63) is 0 Å². The van der Waals surface area contributed by atoms with Crippen LogP contribution in [0.1, 0.15) is 34.1 Å². The van der Waals surface area contributed by atoms with Gasteiger partial charge in [0.25, 0.3) is 0 Å². The number of hydrogen-bond donors (Lipinski definition) is 1. The van der Waals surface area contributed by atoms with Crippen LogP contribution in [0.4, 0.5) is 4.79 Å². The fourth-order valence-corrected chi connectivity index (χ4v) is 1.78. The maximum absolute atomic E-state index is 10.8. The average molecular weight is 171 g/mol. The first-order valence-electron chi connectivity index (χ1n) is 4.28. The van der Waals surface area contributed by atoms with Crippen LogP contribution in [0.2, 0.25) is 0 Å². The molecule has 12 heavy (non-hydrogen) atoms. The van der Waals surface area contributed by atoms with Gasteiger partial charge in [0.05, 0.1) is 6.54 Å². The van der Waals surface area contributed by atoms with E-state index in [1.165, 1.54) is 0 Å². The van der Waals surface area contributed by atoms with Crippen molar-refractivity contribution in [1.82, 2.24) is 5.32 Å². The third kappa shape index (κ3) is 2.40. The molecule has 0 aromatic carbocycles. The summed E-state index contributed by atoms with van der Waals surface area (Å²) in [6, 6.07) is 0. The Morgan fingerprint density at radius 1 is 1.58 bits per heavy atom. The molecule has 1 atom stereocenters. The summed E-state index contributed by atoms with van der Waals surface area (Å²) in [7, 11) is 0. The SMILES string of the molecule is CC(C)(C)CC1(C)CNC(=O)O1. The van der Waals surface area contributed by atoms with Gasteiger partial charge in [0.15, 0.2) is 0 Å². The molecule has 1 heterocycles. The molecule has 1 amide bonds. The molecular weight excluding hydrogens is 154 g/mol. The molecule has 1 unspecified atom stereocenters. The Labute approximate surface area is 73.5 Å². The predicted octanol–water partition coefficient (Wildman–Crippen LogP) is 1.92. The predicted molar refractivity (Wildman–Crippen MR) is 47.0 cm³/mol. The van der Waals surface area contributed by atoms with Crippen molar-refractivity contribution in [3.8, 4) is 0 Å². The van der Waals surface area contributed by atoms with Crippen LogP contribution >= 0.6 is 0 Å². The summed E-state index contributed by atoms with van der Waals surface area (Å²) in [4.78, 5) is 10.8. The van der Waals surface area contributed by atoms with Gasteiger partial charge in [0.2, 0.25) is 0 Å². The number of carbonyl (C=O) groups excluding carboxylic acids is 1. The van der Waals surface area contributed by atoms with Crippen LogP contribution < -0.4 is 5.32 Å². The van der Waals surface area contributed by atoms with Crippen molar-refractivity contribution in [1.29, 1.82) is 0 Å². The second kappa shape index (κ2) is 2.64. The molecule has 1 aliphatic heterocycles. The molecule has 1 saturated heterocycles. The van der Waals surface area contributed by atoms with Crippen molar-refractivity contribution >= 4 is 6.09 Å². The molecule has 0 bridgehead atoms. The number of nitrogens with one attached hydrogen (secondary N) is 1. The first-order valence-corrected chi connectivity index (χ1v) is 4.28. The van der Waals surface area contributed by atoms with E-state index in [0.717, 1.165) is 6.42 Å². The van der Waals surface area contributed by atoms with E-state index in [9.17, 15) is 4.79 Å². The first-order chi connectivity index (χ1) is 5.31. The van der Waals surface area contributed by atoms with E-state index >= 15 is 0 Å². The smallest absolute Gasteiger partial charge is 0.407 e. The monoisotopic (exact) mass is 171 g/mol. The average Bonchev–Trinajstić information content (AvgIpc) is 2.05. The molecule has 0 spiro atoms. The standard InChI is InChI=1S/C9H17NO2/c1-8(2,3)5-9(4)6-10-7(11)12-9/h5-6H2,1-4H3,(H,10,11). The van der Waals surface area contributed by atoms with Crippen molar-refractivity contribution in [2.45, 2.75) is 39.7 Å². The molecule has 0 aromatic rings. The molecule has 0 aliphatic carbocycles. The molecule has 1 rings (SSSR count). The number of carbonyl (C=O) groups is 1. The third-order valence-electron chi connectivity index (χ3n) is 1.85. The molecule has 0 aromatic heterocycles. The Morgan fingerprint density at radius 2 is 2.17 bits per heavy atom. The lowest BCUT2D eigenvalue weighted by Crippen LogP contribution is -2.34. The summed E-state index contributed by atoms with van der Waals surface area (Å²) in [6.07, 6.45) is 0.598. The van der Waals surface area contributed by atoms with Gasteiger partial charge in [-0.25, -0.2) is 4.79 Å². The Hall–Kier alpha value is -0.730. The Kier molecular flexibility index (Phi) is 2.06. The quantitative estimate of drug-likeness (QED) is 0.654. The van der Waals surface area contributed by atoms with Crippen molar-refractivity contribution in [3.63, 3.8) is 0 Å². The summed E-state index contributed by atoms with van der Waals surface area (Å²) in [5, 5.41) is 2.67. The molecule has 70 valence electrons. The summed E-state index contributed by atoms with van der Waals surface area (Å²) >= 11 is 0. The largest absolute Gasteiger partial charge is 0.441 e. The van der Waals surface area contributed by atoms with Gasteiger partial charge in [0, 0.05) is 0 Å². The topological polar surface area (TPSA) is 38.3 Å². The minimum absolute atomic E-state index is 0.195. The summed E-state index contributed by atoms with van der Waals surface area (Å²) in [5.41, 5.74) is -0.115. The van der Waals surface area contributed by atoms with Gasteiger partial charge < -0.3 is 10.1 Å². The lowest BCUT2D eigenvalue weighted by Gasteiger charge is -2.29. The minimum Gasteiger partial charge on any atom is -0.441 e. The van der Waals surface area contributed by atoms with Crippen molar-refractivity contribution in [2.75, 3.05) is 6.54 Å². The maximum atomic E-state index is 10.8. The molecule has 1 fully saturated rings. The van der Waals surface area contributed by atoms with E-state index in [1.54, 1.807) is 0 Å². The number of ether oxygens (including phenoxy) is 1. The van der Waals surface area contributed by atoms with Gasteiger partial charge in [0.1, 0.15) is 5.60 Å². The normalized spacial score (nSPS) is 29.8. The van der Waals surface area contributed by atoms with Gasteiger partial charge >= 0.3 is 6.09 Å². The number of cyclic esters (lactones) is 1. The maximum Gasteiger partial charge on any atom is 0.407 e. The van der Waals surface area contributed by atoms with E-state index in [-0.39, 0.29) is 17.1 Å². The second-order valence-electron chi connectivity index (χ2n) is 4.93. The second-order valence-corrected chi connectivity index (χ2v) is 4.93. The Bertz CT molecular complexity index is 195. The fourth-order valence-electron chi connectivity index (χ4n) is 1.78. The molecule has 1 N–H and O–H groups in total. The van der Waals surface area contributed by atoms with E-state index in [0.29, 0.717) is 6.54 Å². The van der Waals surface area contributed by atoms with Crippen LogP contribution in [-0.4, -0.2) is 18.2 Å². The molecular formula is C9H17NO2. The van der Waals surface area contributed by atoms with Crippen LogP contribution in [0.5, 0.6) is 0 Å². The van der Waals surface area contributed by atoms with Gasteiger partial charge in [-0.2, -0.15) is 0 Å². The van der Waals surface area contributed by atoms with Crippen molar-refractivity contribution < 1.29 is 9.53 Å². The van der Waals surface area contributed by atoms with Crippen molar-refractivity contribution in [2.24, 2.45) is 5.41 Å². The highest BCUT2D eigenvalue weighted by atomic mass is 16.6. The van der Waals surface area contributed by atoms with Crippen LogP contribution in [0.15, 0.2) is 0 Å². The van der Waals surface area contributed by atoms with E-state index in [1.807, 2.05) is 6.92 Å². The molecule has 3 nitrogen and oxygen atoms in total. The highest BCUT2D eigenvalue weighted by Gasteiger charge is 2.38. The summed E-state index contributed by atoms with van der Waals surface area (Å²) in [5.74, 6) is 0. The van der Waals surface area contributed by atoms with E-state index in [2.05, 4.69) is 26.1 Å². The molecule has 3 heteroatoms. The van der Waals surface area contributed by atoms with Crippen LogP contribution in [0, 0.1) is 5.41 Å². The zero-order valence-corrected chi connectivity index (χ0v) is 8.23. The molecule has 0 radical (unpaired) electrons. The summed E-state index contributed by atoms with van der Waals surface area (Å²) < 4.78 is 5.17. The highest BCUT2D eigenvalue weighted by molar-refractivity contribution is 5.70. The molecule has 0 saturated carbocycles. The zero-order valence-electron chi connectivity index (χ0n) is 8.23. The van der Waals surface area contributed by atoms with Crippen LogP contribution in [0.3, 0.4) is 0 Å². The van der Waals surface area contributed by atoms with E-state index in [4.69, 9.17) is 4.74 Å². The summed E-state index contributed by atoms with van der Waals surface area (Å²) in [6.45, 7) is 9.03. The fraction of sp³-hybridized carbons (Fsp3) is 0.889. The molecule has 1 aliphatic rings. The number of alkyl carbamates (subject to hydrolysis) is 1. The Balaban J connectivity index is 2.56. The number of rotatable bonds is 1. The number of hydrogen-bond acceptors (Lipinski definition) is 2. The Morgan fingerprint density at radius 3 is 2.50 bits per heavy atom. The van der Waals surface area contributed by atoms with Gasteiger partial charge in [-0.05, 0) is 18.8 Å². The van der Waals surface area contributed by atoms with E-state index < -0.39 is 0 Å². The highest BCUT2D eigenvalue weighted by Crippen LogP contribution is 2.31. The zero-order chi connectivity index (χ0) is 9.41. The van der Waals surface area contributed by atoms with Crippen LogP contribution in [0.25, 0.3) is 0 Å². The van der Waals surface area contributed by atoms with Gasteiger partial charge in [-0.15, -0.1) is 0 Å². The third-order valence-corrected chi connectivity index (χ3v) is 1.85. The van der Waals surface area contributed by atoms with Crippen LogP contribution in [-0.2, 0) is 4.74 Å². The lowest BCUT2D eigenvalue weighted by molar-refractivity contribution is 0.0383. The van der Waals surface area contributed by atoms with Gasteiger partial charge in [-0.1, -0.05) is 20.8 Å².